The molecule has 4 aliphatic rings. The number of carbonyl (C=O) groups excluding carboxylic acids is 4. The lowest BCUT2D eigenvalue weighted by Crippen LogP contribution is -2.64. The maximum atomic E-state index is 14.3. The van der Waals surface area contributed by atoms with E-state index in [4.69, 9.17) is 23.7 Å². The standard InChI is InChI=1S/C43H69NO12/c1-10-30-18-24(2)17-25(3)19-36(53-8)39-37(54-9)21-27(5)43(51,56-39)40(48)41(49)44-16-12-11-13-31(44)42(50)55-38(28(6)33(46)23-34(30)47)26(4)20-29-14-15-32(45)35(22-29)52-7/h18,20,25,27-33,35-39,45-46,51H,10-17,19,21-23H2,1-9H3/b24-18?,26-20-/t25-,27+,28+,29-,30+,31+,32-,33+,35+,36-,37+,38+,39+,43+/m0/s1. The van der Waals surface area contributed by atoms with Crippen molar-refractivity contribution in [3.8, 4) is 0 Å². The number of Topliss-reactive ketones (excluding diaryl/α,β-unsaturated/α-hetero) is 2. The maximum Gasteiger partial charge on any atom is 0.329 e. The van der Waals surface area contributed by atoms with E-state index >= 15 is 0 Å². The Kier molecular flexibility index (Phi) is 16.9. The van der Waals surface area contributed by atoms with E-state index < -0.39 is 83.9 Å². The molecule has 56 heavy (non-hydrogen) atoms. The molecular weight excluding hydrogens is 722 g/mol. The zero-order valence-corrected chi connectivity index (χ0v) is 35.1. The molecule has 1 saturated carbocycles. The Labute approximate surface area is 333 Å². The molecule has 13 heteroatoms. The number of aliphatic hydroxyl groups is 3. The summed E-state index contributed by atoms with van der Waals surface area (Å²) in [4.78, 5) is 57.6. The second-order valence-corrected chi connectivity index (χ2v) is 17.2. The smallest absolute Gasteiger partial charge is 0.329 e. The molecule has 0 spiro atoms. The highest BCUT2D eigenvalue weighted by molar-refractivity contribution is 6.39. The lowest BCUT2D eigenvalue weighted by molar-refractivity contribution is -0.302. The molecule has 0 aromatic heterocycles. The number of rotatable bonds is 6. The minimum Gasteiger partial charge on any atom is -0.456 e. The van der Waals surface area contributed by atoms with E-state index in [1.165, 1.54) is 19.1 Å². The van der Waals surface area contributed by atoms with Gasteiger partial charge in [-0.15, -0.1) is 0 Å². The number of hydrogen-bond donors (Lipinski definition) is 3. The van der Waals surface area contributed by atoms with E-state index in [0.29, 0.717) is 56.9 Å². The number of nitrogens with zero attached hydrogens (tertiary/aromatic N) is 1. The number of carbonyl (C=O) groups is 4. The minimum atomic E-state index is -2.50. The van der Waals surface area contributed by atoms with Crippen molar-refractivity contribution in [2.24, 2.45) is 29.6 Å². The topological polar surface area (TPSA) is 178 Å². The van der Waals surface area contributed by atoms with Gasteiger partial charge in [0.05, 0.1) is 30.5 Å². The van der Waals surface area contributed by atoms with Gasteiger partial charge in [-0.3, -0.25) is 14.4 Å². The summed E-state index contributed by atoms with van der Waals surface area (Å²) >= 11 is 0. The Morgan fingerprint density at radius 1 is 0.911 bits per heavy atom. The molecule has 3 N–H and O–H groups in total. The van der Waals surface area contributed by atoms with Crippen molar-refractivity contribution < 1.29 is 58.2 Å². The minimum absolute atomic E-state index is 0.000914. The van der Waals surface area contributed by atoms with Crippen LogP contribution in [0.1, 0.15) is 112 Å². The molecule has 0 unspecified atom stereocenters. The van der Waals surface area contributed by atoms with Crippen molar-refractivity contribution in [3.63, 3.8) is 0 Å². The number of cyclic esters (lactones) is 1. The average molecular weight is 792 g/mol. The van der Waals surface area contributed by atoms with Crippen LogP contribution < -0.4 is 0 Å². The monoisotopic (exact) mass is 791 g/mol. The van der Waals surface area contributed by atoms with Gasteiger partial charge >= 0.3 is 5.97 Å². The summed E-state index contributed by atoms with van der Waals surface area (Å²) < 4.78 is 29.7. The van der Waals surface area contributed by atoms with Gasteiger partial charge < -0.3 is 43.9 Å². The van der Waals surface area contributed by atoms with Gasteiger partial charge in [-0.1, -0.05) is 45.4 Å². The average Bonchev–Trinajstić information content (AvgIpc) is 3.18. The van der Waals surface area contributed by atoms with Crippen LogP contribution in [-0.4, -0.2) is 126 Å². The maximum absolute atomic E-state index is 14.3. The van der Waals surface area contributed by atoms with Crippen molar-refractivity contribution in [1.29, 1.82) is 0 Å². The molecule has 0 aromatic rings. The van der Waals surface area contributed by atoms with Crippen LogP contribution in [0.5, 0.6) is 0 Å². The fourth-order valence-electron chi connectivity index (χ4n) is 9.39. The Bertz CT molecular complexity index is 1430. The second kappa shape index (κ2) is 20.4. The van der Waals surface area contributed by atoms with Crippen LogP contribution in [0, 0.1) is 29.6 Å². The van der Waals surface area contributed by atoms with E-state index in [1.807, 2.05) is 32.9 Å². The van der Waals surface area contributed by atoms with Crippen molar-refractivity contribution in [3.05, 3.63) is 23.3 Å². The number of methoxy groups -OCH3 is 3. The van der Waals surface area contributed by atoms with Gasteiger partial charge in [-0.2, -0.15) is 0 Å². The SMILES string of the molecule is CC[C@@H]1C=C(C)C[C@H](C)C[C@H](OC)[C@H]2O[C@@](O)(C(=O)C(=O)N3CCCC[C@@H]3C(=O)O[C@H](/C(C)=C\[C@@H]3CC[C@H](O)[C@H](OC)C3)[C@H](C)[C@H](O)CC1=O)[C@H](C)C[C@H]2OC. The quantitative estimate of drug-likeness (QED) is 0.196. The number of allylic oxidation sites excluding steroid dienone is 3. The molecule has 318 valence electrons. The van der Waals surface area contributed by atoms with Crippen LogP contribution in [0.25, 0.3) is 0 Å². The lowest BCUT2D eigenvalue weighted by Gasteiger charge is -2.47. The molecule has 3 fully saturated rings. The van der Waals surface area contributed by atoms with Gasteiger partial charge in [-0.25, -0.2) is 4.79 Å². The molecule has 14 atom stereocenters. The van der Waals surface area contributed by atoms with Crippen LogP contribution in [0.4, 0.5) is 0 Å². The number of hydrogen-bond acceptors (Lipinski definition) is 12. The van der Waals surface area contributed by atoms with E-state index in [1.54, 1.807) is 21.0 Å². The number of fused-ring (bicyclic) bond motifs is 3. The van der Waals surface area contributed by atoms with Crippen molar-refractivity contribution in [1.82, 2.24) is 4.90 Å². The third-order valence-corrected chi connectivity index (χ3v) is 12.9. The summed E-state index contributed by atoms with van der Waals surface area (Å²) in [6.07, 6.45) is 3.72. The lowest BCUT2D eigenvalue weighted by atomic mass is 9.81. The highest BCUT2D eigenvalue weighted by Crippen LogP contribution is 2.39. The van der Waals surface area contributed by atoms with Crippen LogP contribution in [0.15, 0.2) is 23.3 Å². The summed E-state index contributed by atoms with van der Waals surface area (Å²) in [5.41, 5.74) is 1.66. The largest absolute Gasteiger partial charge is 0.456 e. The molecule has 1 amide bonds. The number of ketones is 2. The summed E-state index contributed by atoms with van der Waals surface area (Å²) in [7, 11) is 4.63. The summed E-state index contributed by atoms with van der Waals surface area (Å²) in [6.45, 7) is 11.3. The molecule has 3 aliphatic heterocycles. The van der Waals surface area contributed by atoms with Gasteiger partial charge in [0.25, 0.3) is 11.7 Å². The van der Waals surface area contributed by atoms with Gasteiger partial charge in [0, 0.05) is 52.0 Å². The zero-order valence-electron chi connectivity index (χ0n) is 35.1. The fraction of sp³-hybridized carbons (Fsp3) is 0.814. The predicted octanol–water partition coefficient (Wildman–Crippen LogP) is 4.47. The van der Waals surface area contributed by atoms with Crippen molar-refractivity contribution in [2.45, 2.75) is 167 Å². The van der Waals surface area contributed by atoms with E-state index in [9.17, 15) is 34.5 Å². The zero-order chi connectivity index (χ0) is 41.5. The van der Waals surface area contributed by atoms with Crippen molar-refractivity contribution in [2.75, 3.05) is 27.9 Å². The molecular formula is C43H69NO12. The first-order valence-corrected chi connectivity index (χ1v) is 20.8. The van der Waals surface area contributed by atoms with Crippen LogP contribution in [0.2, 0.25) is 0 Å². The van der Waals surface area contributed by atoms with Gasteiger partial charge in [0.1, 0.15) is 24.0 Å². The molecule has 13 nitrogen and oxygen atoms in total. The molecule has 0 radical (unpaired) electrons. The first-order valence-electron chi connectivity index (χ1n) is 20.8. The number of amides is 1. The third-order valence-electron chi connectivity index (χ3n) is 12.9. The molecule has 4 rings (SSSR count). The third kappa shape index (κ3) is 10.7. The molecule has 2 saturated heterocycles. The highest BCUT2D eigenvalue weighted by atomic mass is 16.7. The Balaban J connectivity index is 1.76. The van der Waals surface area contributed by atoms with Crippen LogP contribution in [0.3, 0.4) is 0 Å². The van der Waals surface area contributed by atoms with Gasteiger partial charge in [0.15, 0.2) is 0 Å². The number of aliphatic hydroxyl groups excluding tert-OH is 2. The number of esters is 1. The Morgan fingerprint density at radius 2 is 1.57 bits per heavy atom. The summed E-state index contributed by atoms with van der Waals surface area (Å²) in [5, 5.41) is 34.1. The molecule has 3 heterocycles. The summed E-state index contributed by atoms with van der Waals surface area (Å²) in [5.74, 6) is -7.50. The molecule has 2 bridgehead atoms. The normalized spacial score (nSPS) is 40.6. The molecule has 0 aromatic carbocycles. The first kappa shape index (κ1) is 46.2. The van der Waals surface area contributed by atoms with Crippen LogP contribution in [-0.2, 0) is 42.9 Å². The molecule has 1 aliphatic carbocycles. The van der Waals surface area contributed by atoms with Crippen LogP contribution >= 0.6 is 0 Å². The first-order chi connectivity index (χ1) is 26.5. The highest BCUT2D eigenvalue weighted by Gasteiger charge is 2.56. The number of ether oxygens (including phenoxy) is 5. The second-order valence-electron chi connectivity index (χ2n) is 17.2. The Hall–Kier alpha value is -2.52. The fourth-order valence-corrected chi connectivity index (χ4v) is 9.39. The van der Waals surface area contributed by atoms with Crippen molar-refractivity contribution >= 4 is 23.4 Å². The Morgan fingerprint density at radius 3 is 2.21 bits per heavy atom. The van der Waals surface area contributed by atoms with Gasteiger partial charge in [-0.05, 0) is 95.5 Å². The van der Waals surface area contributed by atoms with Gasteiger partial charge in [0.2, 0.25) is 5.79 Å². The van der Waals surface area contributed by atoms with E-state index in [-0.39, 0.29) is 49.5 Å². The van der Waals surface area contributed by atoms with E-state index in [0.717, 1.165) is 5.57 Å². The number of piperidine rings is 1. The van der Waals surface area contributed by atoms with E-state index in [2.05, 4.69) is 6.92 Å². The summed E-state index contributed by atoms with van der Waals surface area (Å²) in [6, 6.07) is -1.13. The predicted molar refractivity (Wildman–Crippen MR) is 208 cm³/mol.